The molecular weight excluding hydrogens is 466 g/mol. The Morgan fingerprint density at radius 2 is 1.97 bits per heavy atom. The van der Waals surface area contributed by atoms with Crippen LogP contribution in [0.4, 0.5) is 5.69 Å². The summed E-state index contributed by atoms with van der Waals surface area (Å²) in [6, 6.07) is 17.3. The zero-order valence-corrected chi connectivity index (χ0v) is 19.5. The molecule has 10 heteroatoms. The van der Waals surface area contributed by atoms with Gasteiger partial charge in [0.2, 0.25) is 0 Å². The third kappa shape index (κ3) is 4.43. The number of nitro benzene ring substituents is 1. The highest BCUT2D eigenvalue weighted by atomic mass is 32.1. The van der Waals surface area contributed by atoms with E-state index in [1.165, 1.54) is 19.2 Å². The Balaban J connectivity index is 1.54. The molecule has 4 aromatic rings. The standard InChI is InChI=1S/C25H21N5O4S/c1-33-22-14-17(30(31)32)5-6-18(22)20-7-8-21(34-20)24-23(19-4-2-3-11-27-19)28-25(35)29(24)15-16-9-12-26-13-10-16/h2-14,23-24H,15H2,1H3,(H,28,35). The van der Waals surface area contributed by atoms with E-state index in [9.17, 15) is 10.1 Å². The van der Waals surface area contributed by atoms with E-state index < -0.39 is 4.92 Å². The molecule has 5 rings (SSSR count). The van der Waals surface area contributed by atoms with Crippen LogP contribution in [0.1, 0.15) is 29.1 Å². The van der Waals surface area contributed by atoms with Crippen LogP contribution in [0.5, 0.6) is 5.75 Å². The molecule has 0 bridgehead atoms. The lowest BCUT2D eigenvalue weighted by Gasteiger charge is -2.26. The highest BCUT2D eigenvalue weighted by molar-refractivity contribution is 7.80. The molecule has 9 nitrogen and oxygen atoms in total. The van der Waals surface area contributed by atoms with Gasteiger partial charge in [0.15, 0.2) is 5.11 Å². The fraction of sp³-hybridized carbons (Fsp3) is 0.160. The average molecular weight is 488 g/mol. The molecule has 4 heterocycles. The molecule has 1 saturated heterocycles. The molecule has 1 aliphatic heterocycles. The molecule has 1 N–H and O–H groups in total. The number of hydrogen-bond acceptors (Lipinski definition) is 7. The Labute approximate surface area is 206 Å². The summed E-state index contributed by atoms with van der Waals surface area (Å²) in [6.07, 6.45) is 5.25. The monoisotopic (exact) mass is 487 g/mol. The number of thiocarbonyl (C=S) groups is 1. The van der Waals surface area contributed by atoms with Crippen molar-refractivity contribution in [3.8, 4) is 17.1 Å². The molecule has 176 valence electrons. The minimum atomic E-state index is -0.459. The maximum absolute atomic E-state index is 11.2. The Hall–Kier alpha value is -4.31. The number of methoxy groups -OCH3 is 1. The number of nitrogens with zero attached hydrogens (tertiary/aromatic N) is 4. The van der Waals surface area contributed by atoms with Gasteiger partial charge in [0, 0.05) is 31.2 Å². The van der Waals surface area contributed by atoms with E-state index in [-0.39, 0.29) is 17.8 Å². The van der Waals surface area contributed by atoms with E-state index in [2.05, 4.69) is 20.2 Å². The minimum Gasteiger partial charge on any atom is -0.496 e. The van der Waals surface area contributed by atoms with Gasteiger partial charge in [-0.15, -0.1) is 0 Å². The maximum atomic E-state index is 11.2. The first-order chi connectivity index (χ1) is 17.0. The summed E-state index contributed by atoms with van der Waals surface area (Å²) in [6.45, 7) is 0.555. The lowest BCUT2D eigenvalue weighted by molar-refractivity contribution is -0.384. The molecule has 3 aromatic heterocycles. The van der Waals surface area contributed by atoms with Gasteiger partial charge in [-0.1, -0.05) is 6.07 Å². The smallest absolute Gasteiger partial charge is 0.273 e. The molecule has 1 aliphatic rings. The third-order valence-corrected chi connectivity index (χ3v) is 6.23. The van der Waals surface area contributed by atoms with Gasteiger partial charge in [-0.2, -0.15) is 0 Å². The average Bonchev–Trinajstić information content (AvgIpc) is 3.49. The molecule has 0 amide bonds. The summed E-state index contributed by atoms with van der Waals surface area (Å²) in [5.74, 6) is 1.57. The summed E-state index contributed by atoms with van der Waals surface area (Å²) >= 11 is 5.72. The van der Waals surface area contributed by atoms with Gasteiger partial charge in [0.1, 0.15) is 23.3 Å². The minimum absolute atomic E-state index is 0.0542. The van der Waals surface area contributed by atoms with Crippen molar-refractivity contribution >= 4 is 23.0 Å². The number of rotatable bonds is 7. The number of nitrogens with one attached hydrogen (secondary N) is 1. The topological polar surface area (TPSA) is 107 Å². The lowest BCUT2D eigenvalue weighted by Crippen LogP contribution is -2.29. The molecule has 35 heavy (non-hydrogen) atoms. The van der Waals surface area contributed by atoms with Gasteiger partial charge >= 0.3 is 0 Å². The zero-order chi connectivity index (χ0) is 24.4. The van der Waals surface area contributed by atoms with Gasteiger partial charge in [-0.25, -0.2) is 0 Å². The molecule has 0 radical (unpaired) electrons. The van der Waals surface area contributed by atoms with E-state index in [1.54, 1.807) is 24.7 Å². The molecule has 0 aliphatic carbocycles. The third-order valence-electron chi connectivity index (χ3n) is 5.88. The Morgan fingerprint density at radius 1 is 1.14 bits per heavy atom. The van der Waals surface area contributed by atoms with Crippen molar-refractivity contribution in [3.05, 3.63) is 106 Å². The summed E-state index contributed by atoms with van der Waals surface area (Å²) in [5.41, 5.74) is 2.46. The van der Waals surface area contributed by atoms with Gasteiger partial charge in [-0.05, 0) is 60.2 Å². The quantitative estimate of drug-likeness (QED) is 0.223. The number of benzene rings is 1. The molecule has 1 fully saturated rings. The second kappa shape index (κ2) is 9.51. The van der Waals surface area contributed by atoms with Crippen LogP contribution < -0.4 is 10.1 Å². The van der Waals surface area contributed by atoms with Crippen LogP contribution in [-0.4, -0.2) is 32.0 Å². The second-order valence-corrected chi connectivity index (χ2v) is 8.34. The summed E-state index contributed by atoms with van der Waals surface area (Å²) in [7, 11) is 1.47. The first-order valence-corrected chi connectivity index (χ1v) is 11.3. The summed E-state index contributed by atoms with van der Waals surface area (Å²) in [4.78, 5) is 21.4. The van der Waals surface area contributed by atoms with E-state index in [4.69, 9.17) is 21.4 Å². The highest BCUT2D eigenvalue weighted by Gasteiger charge is 2.41. The van der Waals surface area contributed by atoms with Crippen molar-refractivity contribution in [2.24, 2.45) is 0 Å². The zero-order valence-electron chi connectivity index (χ0n) is 18.7. The van der Waals surface area contributed by atoms with Crippen LogP contribution in [0.15, 0.2) is 83.7 Å². The molecule has 2 unspecified atom stereocenters. The number of hydrogen-bond donors (Lipinski definition) is 1. The number of non-ortho nitro benzene ring substituents is 1. The van der Waals surface area contributed by atoms with E-state index >= 15 is 0 Å². The SMILES string of the molecule is COc1cc([N+](=O)[O-])ccc1-c1ccc(C2C(c3ccccn3)NC(=S)N2Cc2ccncc2)o1. The largest absolute Gasteiger partial charge is 0.496 e. The molecule has 0 spiro atoms. The summed E-state index contributed by atoms with van der Waals surface area (Å²) in [5, 5.41) is 15.2. The van der Waals surface area contributed by atoms with Crippen LogP contribution in [-0.2, 0) is 6.54 Å². The van der Waals surface area contributed by atoms with E-state index in [0.717, 1.165) is 11.3 Å². The second-order valence-electron chi connectivity index (χ2n) is 7.95. The number of furan rings is 1. The van der Waals surface area contributed by atoms with Gasteiger partial charge in [0.05, 0.1) is 35.4 Å². The van der Waals surface area contributed by atoms with Crippen molar-refractivity contribution in [3.63, 3.8) is 0 Å². The predicted octanol–water partition coefficient (Wildman–Crippen LogP) is 4.83. The van der Waals surface area contributed by atoms with Crippen molar-refractivity contribution < 1.29 is 14.1 Å². The fourth-order valence-electron chi connectivity index (χ4n) is 4.22. The Kier molecular flexibility index (Phi) is 6.11. The van der Waals surface area contributed by atoms with Crippen LogP contribution in [0.3, 0.4) is 0 Å². The van der Waals surface area contributed by atoms with Gasteiger partial charge < -0.3 is 19.4 Å². The molecule has 1 aromatic carbocycles. The maximum Gasteiger partial charge on any atom is 0.273 e. The number of pyridine rings is 2. The highest BCUT2D eigenvalue weighted by Crippen LogP contribution is 2.42. The van der Waals surface area contributed by atoms with E-state index in [0.29, 0.717) is 34.5 Å². The van der Waals surface area contributed by atoms with Crippen LogP contribution in [0.2, 0.25) is 0 Å². The van der Waals surface area contributed by atoms with Crippen LogP contribution in [0.25, 0.3) is 11.3 Å². The Bertz CT molecular complexity index is 1360. The van der Waals surface area contributed by atoms with Crippen LogP contribution in [0, 0.1) is 10.1 Å². The first kappa shape index (κ1) is 22.5. The molecular formula is C25H21N5O4S. The number of ether oxygens (including phenoxy) is 1. The van der Waals surface area contributed by atoms with Gasteiger partial charge in [-0.3, -0.25) is 20.1 Å². The fourth-order valence-corrected chi connectivity index (χ4v) is 4.53. The molecule has 0 saturated carbocycles. The predicted molar refractivity (Wildman–Crippen MR) is 133 cm³/mol. The first-order valence-electron chi connectivity index (χ1n) is 10.8. The lowest BCUT2D eigenvalue weighted by atomic mass is 10.0. The normalized spacial score (nSPS) is 17.3. The van der Waals surface area contributed by atoms with Crippen molar-refractivity contribution in [1.82, 2.24) is 20.2 Å². The number of aromatic nitrogens is 2. The van der Waals surface area contributed by atoms with Crippen LogP contribution >= 0.6 is 12.2 Å². The van der Waals surface area contributed by atoms with E-state index in [1.807, 2.05) is 42.5 Å². The van der Waals surface area contributed by atoms with Crippen molar-refractivity contribution in [1.29, 1.82) is 0 Å². The van der Waals surface area contributed by atoms with Crippen molar-refractivity contribution in [2.75, 3.05) is 7.11 Å². The Morgan fingerprint density at radius 3 is 2.69 bits per heavy atom. The van der Waals surface area contributed by atoms with Crippen molar-refractivity contribution in [2.45, 2.75) is 18.6 Å². The number of nitro groups is 1. The van der Waals surface area contributed by atoms with Gasteiger partial charge in [0.25, 0.3) is 5.69 Å². The summed E-state index contributed by atoms with van der Waals surface area (Å²) < 4.78 is 11.7. The molecule has 2 atom stereocenters.